The molecular weight excluding hydrogens is 300 g/mol. The SMILES string of the molecule is Cc1ccc([C@H](C(=O)N2CC(n3nc(C)cc3C)C2)N(C)C)cc1. The molecule has 1 fully saturated rings. The molecule has 1 aromatic heterocycles. The van der Waals surface area contributed by atoms with Crippen LogP contribution in [0.1, 0.15) is 34.6 Å². The molecule has 24 heavy (non-hydrogen) atoms. The Morgan fingerprint density at radius 3 is 2.29 bits per heavy atom. The molecule has 0 unspecified atom stereocenters. The molecule has 5 heteroatoms. The van der Waals surface area contributed by atoms with Crippen LogP contribution in [0.2, 0.25) is 0 Å². The zero-order valence-corrected chi connectivity index (χ0v) is 15.2. The number of amides is 1. The maximum atomic E-state index is 13.0. The minimum absolute atomic E-state index is 0.168. The van der Waals surface area contributed by atoms with Crippen LogP contribution in [0.3, 0.4) is 0 Å². The Balaban J connectivity index is 1.71. The minimum Gasteiger partial charge on any atom is -0.337 e. The van der Waals surface area contributed by atoms with Crippen LogP contribution in [0.4, 0.5) is 0 Å². The number of hydrogen-bond acceptors (Lipinski definition) is 3. The van der Waals surface area contributed by atoms with Gasteiger partial charge in [0, 0.05) is 18.8 Å². The normalized spacial score (nSPS) is 16.3. The van der Waals surface area contributed by atoms with Gasteiger partial charge in [-0.3, -0.25) is 14.4 Å². The molecule has 0 bridgehead atoms. The van der Waals surface area contributed by atoms with Crippen LogP contribution in [-0.2, 0) is 4.79 Å². The molecule has 0 saturated carbocycles. The first kappa shape index (κ1) is 16.7. The zero-order valence-electron chi connectivity index (χ0n) is 15.2. The van der Waals surface area contributed by atoms with E-state index < -0.39 is 0 Å². The van der Waals surface area contributed by atoms with Crippen LogP contribution in [-0.4, -0.2) is 52.7 Å². The van der Waals surface area contributed by atoms with E-state index in [1.165, 1.54) is 5.56 Å². The van der Waals surface area contributed by atoms with Gasteiger partial charge in [-0.25, -0.2) is 0 Å². The van der Waals surface area contributed by atoms with Gasteiger partial charge in [-0.1, -0.05) is 29.8 Å². The number of likely N-dealkylation sites (tertiary alicyclic amines) is 1. The lowest BCUT2D eigenvalue weighted by atomic mass is 10.00. The highest BCUT2D eigenvalue weighted by molar-refractivity contribution is 5.84. The van der Waals surface area contributed by atoms with E-state index in [2.05, 4.69) is 54.0 Å². The minimum atomic E-state index is -0.230. The van der Waals surface area contributed by atoms with Gasteiger partial charge >= 0.3 is 0 Å². The van der Waals surface area contributed by atoms with Crippen molar-refractivity contribution in [2.45, 2.75) is 32.9 Å². The highest BCUT2D eigenvalue weighted by Crippen LogP contribution is 2.28. The third-order valence-electron chi connectivity index (χ3n) is 4.71. The Bertz CT molecular complexity index is 726. The van der Waals surface area contributed by atoms with Crippen molar-refractivity contribution in [2.24, 2.45) is 0 Å². The third-order valence-corrected chi connectivity index (χ3v) is 4.71. The van der Waals surface area contributed by atoms with E-state index in [0.29, 0.717) is 6.04 Å². The highest BCUT2D eigenvalue weighted by Gasteiger charge is 2.37. The number of rotatable bonds is 4. The molecule has 0 aliphatic carbocycles. The number of carbonyl (C=O) groups excluding carboxylic acids is 1. The van der Waals surface area contributed by atoms with E-state index in [4.69, 9.17) is 0 Å². The van der Waals surface area contributed by atoms with Crippen molar-refractivity contribution in [3.8, 4) is 0 Å². The maximum absolute atomic E-state index is 13.0. The van der Waals surface area contributed by atoms with Gasteiger partial charge in [0.1, 0.15) is 6.04 Å². The monoisotopic (exact) mass is 326 g/mol. The summed E-state index contributed by atoms with van der Waals surface area (Å²) in [6, 6.07) is 10.4. The number of aryl methyl sites for hydroxylation is 3. The number of likely N-dealkylation sites (N-methyl/N-ethyl adjacent to an activating group) is 1. The molecule has 1 aliphatic rings. The lowest BCUT2D eigenvalue weighted by Gasteiger charge is -2.42. The third kappa shape index (κ3) is 3.08. The quantitative estimate of drug-likeness (QED) is 0.867. The van der Waals surface area contributed by atoms with Crippen molar-refractivity contribution in [1.29, 1.82) is 0 Å². The lowest BCUT2D eigenvalue weighted by molar-refractivity contribution is -0.142. The highest BCUT2D eigenvalue weighted by atomic mass is 16.2. The summed E-state index contributed by atoms with van der Waals surface area (Å²) in [5.41, 5.74) is 4.44. The number of aromatic nitrogens is 2. The summed E-state index contributed by atoms with van der Waals surface area (Å²) in [6.07, 6.45) is 0. The van der Waals surface area contributed by atoms with Gasteiger partial charge < -0.3 is 4.90 Å². The largest absolute Gasteiger partial charge is 0.337 e. The Labute approximate surface area is 143 Å². The van der Waals surface area contributed by atoms with E-state index in [1.807, 2.05) is 30.8 Å². The van der Waals surface area contributed by atoms with Gasteiger partial charge in [-0.2, -0.15) is 5.10 Å². The molecule has 2 aromatic rings. The Hall–Kier alpha value is -2.14. The first-order chi connectivity index (χ1) is 11.4. The molecule has 0 spiro atoms. The van der Waals surface area contributed by atoms with Crippen molar-refractivity contribution >= 4 is 5.91 Å². The van der Waals surface area contributed by atoms with Crippen molar-refractivity contribution < 1.29 is 4.79 Å². The van der Waals surface area contributed by atoms with Gasteiger partial charge in [0.2, 0.25) is 5.91 Å². The predicted molar refractivity (Wildman–Crippen MR) is 94.9 cm³/mol. The average Bonchev–Trinajstić information content (AvgIpc) is 2.78. The summed E-state index contributed by atoms with van der Waals surface area (Å²) in [5.74, 6) is 0.168. The molecule has 1 amide bonds. The molecule has 128 valence electrons. The van der Waals surface area contributed by atoms with Gasteiger partial charge in [0.25, 0.3) is 0 Å². The van der Waals surface area contributed by atoms with Crippen LogP contribution in [0.15, 0.2) is 30.3 Å². The Morgan fingerprint density at radius 2 is 1.79 bits per heavy atom. The smallest absolute Gasteiger partial charge is 0.244 e. The fourth-order valence-electron chi connectivity index (χ4n) is 3.39. The standard InChI is InChI=1S/C19H26N4O/c1-13-6-8-16(9-7-13)18(21(4)5)19(24)22-11-17(12-22)23-15(3)10-14(2)20-23/h6-10,17-18H,11-12H2,1-5H3/t18-/m1/s1. The summed E-state index contributed by atoms with van der Waals surface area (Å²) in [4.78, 5) is 16.9. The van der Waals surface area contributed by atoms with E-state index in [0.717, 1.165) is 30.0 Å². The summed E-state index contributed by atoms with van der Waals surface area (Å²) in [7, 11) is 3.92. The number of hydrogen-bond donors (Lipinski definition) is 0. The number of nitrogens with zero attached hydrogens (tertiary/aromatic N) is 4. The van der Waals surface area contributed by atoms with Crippen LogP contribution in [0.5, 0.6) is 0 Å². The van der Waals surface area contributed by atoms with E-state index in [1.54, 1.807) is 0 Å². The van der Waals surface area contributed by atoms with E-state index in [9.17, 15) is 4.79 Å². The maximum Gasteiger partial charge on any atom is 0.244 e. The molecule has 3 rings (SSSR count). The fourth-order valence-corrected chi connectivity index (χ4v) is 3.39. The first-order valence-electron chi connectivity index (χ1n) is 8.41. The van der Waals surface area contributed by atoms with Crippen molar-refractivity contribution in [3.63, 3.8) is 0 Å². The molecular formula is C19H26N4O. The lowest BCUT2D eigenvalue weighted by Crippen LogP contribution is -2.54. The summed E-state index contributed by atoms with van der Waals surface area (Å²) in [5, 5.41) is 4.54. The molecule has 5 nitrogen and oxygen atoms in total. The molecule has 2 heterocycles. The molecule has 1 saturated heterocycles. The van der Waals surface area contributed by atoms with Crippen LogP contribution >= 0.6 is 0 Å². The summed E-state index contributed by atoms with van der Waals surface area (Å²) >= 11 is 0. The van der Waals surface area contributed by atoms with Gasteiger partial charge in [0.15, 0.2) is 0 Å². The van der Waals surface area contributed by atoms with E-state index in [-0.39, 0.29) is 11.9 Å². The molecule has 1 aliphatic heterocycles. The molecule has 1 aromatic carbocycles. The van der Waals surface area contributed by atoms with Crippen molar-refractivity contribution in [3.05, 3.63) is 52.8 Å². The topological polar surface area (TPSA) is 41.4 Å². The fraction of sp³-hybridized carbons (Fsp3) is 0.474. The summed E-state index contributed by atoms with van der Waals surface area (Å²) < 4.78 is 2.05. The van der Waals surface area contributed by atoms with Gasteiger partial charge in [-0.05, 0) is 46.5 Å². The second-order valence-corrected chi connectivity index (χ2v) is 7.05. The first-order valence-corrected chi connectivity index (χ1v) is 8.41. The molecule has 1 atom stereocenters. The Kier molecular flexibility index (Phi) is 4.45. The van der Waals surface area contributed by atoms with E-state index >= 15 is 0 Å². The van der Waals surface area contributed by atoms with Crippen molar-refractivity contribution in [1.82, 2.24) is 19.6 Å². The second kappa shape index (κ2) is 6.40. The molecule has 0 radical (unpaired) electrons. The number of benzene rings is 1. The van der Waals surface area contributed by atoms with Gasteiger partial charge in [-0.15, -0.1) is 0 Å². The van der Waals surface area contributed by atoms with Crippen LogP contribution < -0.4 is 0 Å². The van der Waals surface area contributed by atoms with Crippen molar-refractivity contribution in [2.75, 3.05) is 27.2 Å². The average molecular weight is 326 g/mol. The van der Waals surface area contributed by atoms with Crippen LogP contribution in [0.25, 0.3) is 0 Å². The number of carbonyl (C=O) groups is 1. The predicted octanol–water partition coefficient (Wildman–Crippen LogP) is 2.49. The van der Waals surface area contributed by atoms with Crippen LogP contribution in [0, 0.1) is 20.8 Å². The summed E-state index contributed by atoms with van der Waals surface area (Å²) in [6.45, 7) is 7.60. The second-order valence-electron chi connectivity index (χ2n) is 7.05. The molecule has 0 N–H and O–H groups in total. The Morgan fingerprint density at radius 1 is 1.17 bits per heavy atom. The zero-order chi connectivity index (χ0) is 17.4. The van der Waals surface area contributed by atoms with Gasteiger partial charge in [0.05, 0.1) is 11.7 Å².